The summed E-state index contributed by atoms with van der Waals surface area (Å²) in [4.78, 5) is 15.4. The molecule has 9 heteroatoms. The molecule has 1 aliphatic carbocycles. The van der Waals surface area contributed by atoms with Crippen molar-refractivity contribution in [3.8, 4) is 23.5 Å². The van der Waals surface area contributed by atoms with Crippen molar-refractivity contribution in [1.82, 2.24) is 19.9 Å². The second kappa shape index (κ2) is 10.1. The Kier molecular flexibility index (Phi) is 7.01. The first-order valence-corrected chi connectivity index (χ1v) is 11.1. The molecule has 0 atom stereocenters. The van der Waals surface area contributed by atoms with Gasteiger partial charge in [-0.1, -0.05) is 25.7 Å². The zero-order valence-corrected chi connectivity index (χ0v) is 17.9. The molecule has 2 N–H and O–H groups in total. The lowest BCUT2D eigenvalue weighted by atomic mass is 10.1. The Morgan fingerprint density at radius 1 is 1.00 bits per heavy atom. The predicted molar refractivity (Wildman–Crippen MR) is 114 cm³/mol. The third kappa shape index (κ3) is 6.16. The predicted octanol–water partition coefficient (Wildman–Crippen LogP) is 4.12. The maximum Gasteiger partial charge on any atom is 0.330 e. The van der Waals surface area contributed by atoms with Crippen LogP contribution in [0.15, 0.2) is 18.2 Å². The van der Waals surface area contributed by atoms with E-state index < -0.39 is 11.6 Å². The second-order valence-corrected chi connectivity index (χ2v) is 8.39. The Hall–Kier alpha value is -2.68. The molecular formula is C22H30FN5O3. The van der Waals surface area contributed by atoms with Crippen molar-refractivity contribution < 1.29 is 19.0 Å². The largest absolute Gasteiger partial charge is 0.505 e. The highest BCUT2D eigenvalue weighted by Gasteiger charge is 2.21. The number of phenolic OH excluding ortho intramolecular Hbond substituents is 1. The van der Waals surface area contributed by atoms with E-state index in [1.165, 1.54) is 37.8 Å². The van der Waals surface area contributed by atoms with Crippen molar-refractivity contribution in [2.75, 3.05) is 25.5 Å². The Balaban J connectivity index is 1.53. The zero-order valence-electron chi connectivity index (χ0n) is 17.9. The van der Waals surface area contributed by atoms with Crippen LogP contribution in [-0.2, 0) is 0 Å². The summed E-state index contributed by atoms with van der Waals surface area (Å²) in [6, 6.07) is 4.30. The lowest BCUT2D eigenvalue weighted by molar-refractivity contribution is 0.104. The molecular weight excluding hydrogens is 401 g/mol. The summed E-state index contributed by atoms with van der Waals surface area (Å²) in [6.45, 7) is 1.91. The molecule has 2 heterocycles. The van der Waals surface area contributed by atoms with Crippen molar-refractivity contribution in [3.05, 3.63) is 24.0 Å². The van der Waals surface area contributed by atoms with Crippen molar-refractivity contribution in [2.24, 2.45) is 0 Å². The fourth-order valence-corrected chi connectivity index (χ4v) is 4.02. The summed E-state index contributed by atoms with van der Waals surface area (Å²) in [5.41, 5.74) is 0. The van der Waals surface area contributed by atoms with Gasteiger partial charge in [0.15, 0.2) is 11.6 Å². The number of nitrogens with zero attached hydrogens (tertiary/aromatic N) is 4. The van der Waals surface area contributed by atoms with Gasteiger partial charge in [0.05, 0.1) is 0 Å². The Morgan fingerprint density at radius 3 is 2.42 bits per heavy atom. The van der Waals surface area contributed by atoms with Crippen LogP contribution in [0.25, 0.3) is 0 Å². The van der Waals surface area contributed by atoms with Crippen LogP contribution in [-0.4, -0.2) is 57.2 Å². The first kappa shape index (κ1) is 21.5. The number of nitrogens with one attached hydrogen (secondary N) is 1. The van der Waals surface area contributed by atoms with E-state index in [1.54, 1.807) is 0 Å². The number of ether oxygens (including phenoxy) is 2. The first-order chi connectivity index (χ1) is 15.0. The van der Waals surface area contributed by atoms with Gasteiger partial charge in [-0.05, 0) is 44.9 Å². The number of benzene rings is 1. The van der Waals surface area contributed by atoms with E-state index in [0.717, 1.165) is 44.8 Å². The van der Waals surface area contributed by atoms with Crippen LogP contribution in [0.4, 0.5) is 10.3 Å². The van der Waals surface area contributed by atoms with Crippen molar-refractivity contribution in [2.45, 2.75) is 63.5 Å². The quantitative estimate of drug-likeness (QED) is 0.660. The lowest BCUT2D eigenvalue weighted by Crippen LogP contribution is -2.36. The van der Waals surface area contributed by atoms with Gasteiger partial charge in [-0.15, -0.1) is 4.98 Å². The van der Waals surface area contributed by atoms with Gasteiger partial charge in [-0.3, -0.25) is 0 Å². The van der Waals surface area contributed by atoms with E-state index in [4.69, 9.17) is 9.47 Å². The molecule has 2 aliphatic rings. The van der Waals surface area contributed by atoms with E-state index in [1.807, 2.05) is 0 Å². The summed E-state index contributed by atoms with van der Waals surface area (Å²) >= 11 is 0. The van der Waals surface area contributed by atoms with Crippen LogP contribution >= 0.6 is 0 Å². The summed E-state index contributed by atoms with van der Waals surface area (Å²) < 4.78 is 25.4. The standard InChI is InChI=1S/C22H30FN5O3/c1-28-12-10-16(11-13-28)30-21-25-20(24-15-6-4-2-3-5-7-15)26-22(27-21)31-17-8-9-19(29)18(23)14-17/h8-9,14-16,29H,2-7,10-13H2,1H3,(H,24,25,26,27). The second-order valence-electron chi connectivity index (χ2n) is 8.39. The van der Waals surface area contributed by atoms with Gasteiger partial charge in [0.25, 0.3) is 0 Å². The van der Waals surface area contributed by atoms with Crippen molar-refractivity contribution in [1.29, 1.82) is 0 Å². The highest BCUT2D eigenvalue weighted by Crippen LogP contribution is 2.27. The molecule has 1 aliphatic heterocycles. The number of halogens is 1. The van der Waals surface area contributed by atoms with Gasteiger partial charge in [0.1, 0.15) is 11.9 Å². The van der Waals surface area contributed by atoms with Gasteiger partial charge >= 0.3 is 12.0 Å². The molecule has 1 saturated heterocycles. The molecule has 0 radical (unpaired) electrons. The molecule has 4 rings (SSSR count). The number of hydrogen-bond donors (Lipinski definition) is 2. The summed E-state index contributed by atoms with van der Waals surface area (Å²) in [7, 11) is 2.09. The van der Waals surface area contributed by atoms with E-state index >= 15 is 0 Å². The highest BCUT2D eigenvalue weighted by atomic mass is 19.1. The van der Waals surface area contributed by atoms with Crippen LogP contribution in [0.3, 0.4) is 0 Å². The minimum atomic E-state index is -0.772. The number of aromatic hydroxyl groups is 1. The van der Waals surface area contributed by atoms with Crippen molar-refractivity contribution in [3.63, 3.8) is 0 Å². The number of hydrogen-bond acceptors (Lipinski definition) is 8. The van der Waals surface area contributed by atoms with Gasteiger partial charge in [-0.2, -0.15) is 9.97 Å². The minimum Gasteiger partial charge on any atom is -0.505 e. The highest BCUT2D eigenvalue weighted by molar-refractivity contribution is 5.35. The Morgan fingerprint density at radius 2 is 1.71 bits per heavy atom. The Labute approximate surface area is 181 Å². The van der Waals surface area contributed by atoms with Crippen LogP contribution in [0, 0.1) is 5.82 Å². The third-order valence-corrected chi connectivity index (χ3v) is 5.85. The number of rotatable bonds is 6. The van der Waals surface area contributed by atoms with Gasteiger partial charge in [0, 0.05) is 25.2 Å². The molecule has 2 aromatic rings. The number of piperidine rings is 1. The lowest BCUT2D eigenvalue weighted by Gasteiger charge is -2.28. The smallest absolute Gasteiger partial charge is 0.330 e. The number of phenols is 1. The third-order valence-electron chi connectivity index (χ3n) is 5.85. The average molecular weight is 432 g/mol. The maximum atomic E-state index is 13.7. The molecule has 0 spiro atoms. The van der Waals surface area contributed by atoms with E-state index in [0.29, 0.717) is 12.0 Å². The normalized spacial score (nSPS) is 19.0. The number of aromatic nitrogens is 3. The molecule has 168 valence electrons. The fraction of sp³-hybridized carbons (Fsp3) is 0.591. The molecule has 31 heavy (non-hydrogen) atoms. The molecule has 0 bridgehead atoms. The van der Waals surface area contributed by atoms with Crippen LogP contribution in [0.2, 0.25) is 0 Å². The first-order valence-electron chi connectivity index (χ1n) is 11.1. The van der Waals surface area contributed by atoms with Crippen LogP contribution < -0.4 is 14.8 Å². The summed E-state index contributed by atoms with van der Waals surface area (Å²) in [5, 5.41) is 12.8. The minimum absolute atomic E-state index is 0.0270. The van der Waals surface area contributed by atoms with Crippen LogP contribution in [0.1, 0.15) is 51.4 Å². The average Bonchev–Trinajstić information content (AvgIpc) is 3.01. The van der Waals surface area contributed by atoms with E-state index in [-0.39, 0.29) is 23.9 Å². The molecule has 8 nitrogen and oxygen atoms in total. The maximum absolute atomic E-state index is 13.7. The zero-order chi connectivity index (χ0) is 21.6. The topological polar surface area (TPSA) is 92.6 Å². The van der Waals surface area contributed by atoms with Crippen LogP contribution in [0.5, 0.6) is 23.5 Å². The molecule has 2 fully saturated rings. The van der Waals surface area contributed by atoms with Gasteiger partial charge in [0.2, 0.25) is 5.95 Å². The SMILES string of the molecule is CN1CCC(Oc2nc(NC3CCCCCC3)nc(Oc3ccc(O)c(F)c3)n2)CC1. The number of likely N-dealkylation sites (tertiary alicyclic amines) is 1. The molecule has 1 saturated carbocycles. The monoisotopic (exact) mass is 431 g/mol. The van der Waals surface area contributed by atoms with Gasteiger partial charge in [-0.25, -0.2) is 4.39 Å². The summed E-state index contributed by atoms with van der Waals surface area (Å²) in [6.07, 6.45) is 8.81. The fourth-order valence-electron chi connectivity index (χ4n) is 4.02. The van der Waals surface area contributed by atoms with E-state index in [2.05, 4.69) is 32.2 Å². The van der Waals surface area contributed by atoms with E-state index in [9.17, 15) is 9.50 Å². The van der Waals surface area contributed by atoms with Crippen molar-refractivity contribution >= 4 is 5.95 Å². The Bertz CT molecular complexity index is 868. The molecule has 1 aromatic carbocycles. The molecule has 1 aromatic heterocycles. The molecule has 0 unspecified atom stereocenters. The summed E-state index contributed by atoms with van der Waals surface area (Å²) in [5.74, 6) is -0.623. The molecule has 0 amide bonds. The number of anilines is 1. The van der Waals surface area contributed by atoms with Gasteiger partial charge < -0.3 is 24.8 Å².